The SMILES string of the molecule is C=C1CCC(=O)N1OC(=O)CCCCCCCCn1cc(-c2ccc(NC(=O)c3ccn4c(C)cc(C)nc34)cc2)nn1.CCCCn1cc(-c2ccc(NC(=O)c3ccn4c(C)cc(C)nc34)cc2)nn1.Cc1cc(C)n2ccc(C(=O)Nc3ccc(-c4cn(CCN(C)C)nn4)cc3)c2n1. The highest BCUT2D eigenvalue weighted by Gasteiger charge is 2.28. The summed E-state index contributed by atoms with van der Waals surface area (Å²) in [7, 11) is 4.06. The summed E-state index contributed by atoms with van der Waals surface area (Å²) >= 11 is 0. The van der Waals surface area contributed by atoms with Gasteiger partial charge >= 0.3 is 5.97 Å². The van der Waals surface area contributed by atoms with E-state index in [-0.39, 0.29) is 29.6 Å². The second-order valence-corrected chi connectivity index (χ2v) is 25.8. The molecule has 26 nitrogen and oxygen atoms in total. The van der Waals surface area contributed by atoms with Crippen LogP contribution in [-0.4, -0.2) is 133 Å². The van der Waals surface area contributed by atoms with Crippen molar-refractivity contribution in [3.05, 3.63) is 210 Å². The molecule has 3 N–H and O–H groups in total. The van der Waals surface area contributed by atoms with Crippen molar-refractivity contribution in [3.8, 4) is 33.8 Å². The van der Waals surface area contributed by atoms with E-state index in [2.05, 4.69) is 80.2 Å². The number of fused-ring (bicyclic) bond motifs is 3. The van der Waals surface area contributed by atoms with E-state index in [0.29, 0.717) is 70.0 Å². The number of allylic oxidation sites excluding steroid dienone is 1. The summed E-state index contributed by atoms with van der Waals surface area (Å²) < 4.78 is 11.3. The molecule has 0 spiro atoms. The first kappa shape index (κ1) is 71.5. The lowest BCUT2D eigenvalue weighted by molar-refractivity contribution is -0.186. The molecule has 1 fully saturated rings. The van der Waals surface area contributed by atoms with E-state index >= 15 is 0 Å². The van der Waals surface area contributed by atoms with Crippen molar-refractivity contribution in [2.45, 2.75) is 139 Å². The molecule has 12 aromatic rings. The molecule has 0 radical (unpaired) electrons. The molecule has 13 rings (SSSR count). The summed E-state index contributed by atoms with van der Waals surface area (Å²) in [4.78, 5) is 83.0. The highest BCUT2D eigenvalue weighted by molar-refractivity contribution is 6.10. The lowest BCUT2D eigenvalue weighted by Gasteiger charge is -2.15. The van der Waals surface area contributed by atoms with Crippen LogP contribution in [0, 0.1) is 41.5 Å². The van der Waals surface area contributed by atoms with Gasteiger partial charge in [0.15, 0.2) is 0 Å². The zero-order chi connectivity index (χ0) is 72.0. The number of hydrogen-bond acceptors (Lipinski definition) is 16. The first-order valence-electron chi connectivity index (χ1n) is 34.4. The van der Waals surface area contributed by atoms with Crippen molar-refractivity contribution in [1.29, 1.82) is 0 Å². The minimum atomic E-state index is -0.383. The number of amides is 4. The third-order valence-corrected chi connectivity index (χ3v) is 17.4. The van der Waals surface area contributed by atoms with Gasteiger partial charge in [0.2, 0.25) is 0 Å². The number of hydrogen-bond donors (Lipinski definition) is 3. The fourth-order valence-corrected chi connectivity index (χ4v) is 11.9. The average molecular weight is 1380 g/mol. The van der Waals surface area contributed by atoms with Crippen LogP contribution < -0.4 is 16.0 Å². The predicted octanol–water partition coefficient (Wildman–Crippen LogP) is 13.1. The summed E-state index contributed by atoms with van der Waals surface area (Å²) in [5, 5.41) is 35.3. The Kier molecular flexibility index (Phi) is 23.1. The molecule has 3 aromatic carbocycles. The third kappa shape index (κ3) is 18.0. The van der Waals surface area contributed by atoms with Gasteiger partial charge < -0.3 is 38.9 Å². The standard InChI is InChI=1S/C32H37N7O4.C22H25N7O.C22H24N6O/c1-22-20-24(3)38-19-17-27(31(38)33-22)32(42)34-26-14-12-25(13-15-26)28-21-37(36-35-28)18-9-7-5-4-6-8-10-30(41)43-39-23(2)11-16-29(39)40;1-15-13-16(2)29-10-9-19(21(29)23-15)22(30)24-18-7-5-17(6-8-18)20-14-28(26-25-20)12-11-27(3)4;1-4-5-11-27-14-20(25-26-27)17-6-8-18(9-7-17)24-22(29)19-10-12-28-16(3)13-15(2)23-21(19)28/h12-15,17,19-21H,2,4-11,16,18H2,1,3H3,(H,34,42);5-10,13-14H,11-12H2,1-4H3,(H,24,30);6-10,12-14H,4-5,11H2,1-3H3,(H,24,29). The number of carbonyl (C=O) groups excluding carboxylic acids is 5. The summed E-state index contributed by atoms with van der Waals surface area (Å²) in [5.74, 6) is -1.16. The number of unbranched alkanes of at least 4 members (excludes halogenated alkanes) is 6. The molecule has 1 aliphatic rings. The molecule has 526 valence electrons. The van der Waals surface area contributed by atoms with Crippen LogP contribution in [0.2, 0.25) is 0 Å². The molecule has 0 atom stereocenters. The van der Waals surface area contributed by atoms with E-state index in [1.807, 2.05) is 211 Å². The number of rotatable bonds is 25. The second kappa shape index (κ2) is 32.9. The maximum absolute atomic E-state index is 13.0. The molecular weight excluding hydrogens is 1290 g/mol. The number of hydroxylamine groups is 2. The summed E-state index contributed by atoms with van der Waals surface area (Å²) in [6.45, 7) is 21.0. The van der Waals surface area contributed by atoms with Crippen molar-refractivity contribution in [3.63, 3.8) is 0 Å². The van der Waals surface area contributed by atoms with Gasteiger partial charge in [0.1, 0.15) is 34.0 Å². The number of carbonyl (C=O) groups is 5. The van der Waals surface area contributed by atoms with Gasteiger partial charge in [0.25, 0.3) is 23.6 Å². The molecule has 26 heteroatoms. The first-order chi connectivity index (χ1) is 49.2. The van der Waals surface area contributed by atoms with Crippen molar-refractivity contribution in [2.24, 2.45) is 0 Å². The maximum atomic E-state index is 13.0. The van der Waals surface area contributed by atoms with Crippen LogP contribution in [0.4, 0.5) is 17.1 Å². The topological polar surface area (TPSA) is 281 Å². The lowest BCUT2D eigenvalue weighted by Crippen LogP contribution is -2.26. The normalized spacial score (nSPS) is 12.1. The molecule has 0 saturated carbocycles. The van der Waals surface area contributed by atoms with Gasteiger partial charge in [-0.1, -0.05) is 97.6 Å². The molecule has 9 aromatic heterocycles. The van der Waals surface area contributed by atoms with Crippen molar-refractivity contribution in [1.82, 2.24) is 83.1 Å². The zero-order valence-corrected chi connectivity index (χ0v) is 59.2. The fourth-order valence-electron chi connectivity index (χ4n) is 11.9. The average Bonchev–Trinajstić information content (AvgIpc) is 1.64. The van der Waals surface area contributed by atoms with E-state index in [1.54, 1.807) is 18.2 Å². The van der Waals surface area contributed by atoms with Crippen LogP contribution in [0.1, 0.15) is 143 Å². The number of nitrogens with one attached hydrogen (secondary N) is 3. The number of aromatic nitrogens is 15. The molecular formula is C76H86N20O6. The molecule has 4 amide bonds. The number of anilines is 3. The molecule has 1 aliphatic heterocycles. The minimum Gasteiger partial charge on any atom is -0.334 e. The van der Waals surface area contributed by atoms with Crippen LogP contribution in [0.15, 0.2) is 159 Å². The largest absolute Gasteiger partial charge is 0.334 e. The van der Waals surface area contributed by atoms with Gasteiger partial charge in [-0.2, -0.15) is 0 Å². The van der Waals surface area contributed by atoms with Gasteiger partial charge in [-0.3, -0.25) is 33.2 Å². The van der Waals surface area contributed by atoms with E-state index in [1.165, 1.54) is 0 Å². The zero-order valence-electron chi connectivity index (χ0n) is 59.2. The molecule has 10 heterocycles. The Morgan fingerprint density at radius 2 is 0.843 bits per heavy atom. The number of aryl methyl sites for hydroxylation is 8. The summed E-state index contributed by atoms with van der Waals surface area (Å²) in [6.07, 6.45) is 20.6. The fraction of sp³-hybridized carbons (Fsp3) is 0.316. The maximum Gasteiger partial charge on any atom is 0.333 e. The smallest absolute Gasteiger partial charge is 0.333 e. The van der Waals surface area contributed by atoms with Crippen LogP contribution >= 0.6 is 0 Å². The Balaban J connectivity index is 0.000000158. The van der Waals surface area contributed by atoms with E-state index in [0.717, 1.165) is 156 Å². The highest BCUT2D eigenvalue weighted by Crippen LogP contribution is 2.27. The van der Waals surface area contributed by atoms with E-state index < -0.39 is 0 Å². The Labute approximate surface area is 591 Å². The predicted molar refractivity (Wildman–Crippen MR) is 391 cm³/mol. The Morgan fingerprint density at radius 3 is 1.21 bits per heavy atom. The summed E-state index contributed by atoms with van der Waals surface area (Å²) in [5.41, 5.74) is 17.3. The number of nitrogens with zero attached hydrogens (tertiary/aromatic N) is 17. The molecule has 0 aliphatic carbocycles. The quantitative estimate of drug-likeness (QED) is 0.0448. The Bertz CT molecular complexity index is 4940. The number of benzene rings is 3. The van der Waals surface area contributed by atoms with Crippen LogP contribution in [0.25, 0.3) is 50.7 Å². The Morgan fingerprint density at radius 1 is 0.480 bits per heavy atom. The number of likely N-dealkylation sites (N-methyl/N-ethyl adjacent to an activating group) is 1. The summed E-state index contributed by atoms with van der Waals surface area (Å²) in [6, 6.07) is 34.1. The van der Waals surface area contributed by atoms with Crippen molar-refractivity contribution >= 4 is 63.6 Å². The van der Waals surface area contributed by atoms with Crippen molar-refractivity contribution in [2.75, 3.05) is 36.6 Å². The lowest BCUT2D eigenvalue weighted by atomic mass is 10.1. The monoisotopic (exact) mass is 1370 g/mol. The van der Waals surface area contributed by atoms with Gasteiger partial charge in [0, 0.05) is 119 Å². The third-order valence-electron chi connectivity index (χ3n) is 17.4. The molecule has 1 saturated heterocycles. The molecule has 0 bridgehead atoms. The van der Waals surface area contributed by atoms with Crippen LogP contribution in [-0.2, 0) is 34.1 Å². The van der Waals surface area contributed by atoms with Gasteiger partial charge in [0.05, 0.1) is 47.5 Å². The molecule has 102 heavy (non-hydrogen) atoms. The van der Waals surface area contributed by atoms with E-state index in [9.17, 15) is 24.0 Å². The van der Waals surface area contributed by atoms with Gasteiger partial charge in [-0.05, 0) is 154 Å². The Hall–Kier alpha value is -11.8. The minimum absolute atomic E-state index is 0.178. The first-order valence-corrected chi connectivity index (χ1v) is 34.4. The molecule has 0 unspecified atom stereocenters. The second-order valence-electron chi connectivity index (χ2n) is 25.8. The van der Waals surface area contributed by atoms with Gasteiger partial charge in [-0.25, -0.2) is 19.7 Å². The van der Waals surface area contributed by atoms with Crippen molar-refractivity contribution < 1.29 is 28.8 Å². The van der Waals surface area contributed by atoms with Gasteiger partial charge in [-0.15, -0.1) is 20.4 Å². The van der Waals surface area contributed by atoms with E-state index in [4.69, 9.17) is 4.84 Å². The highest BCUT2D eigenvalue weighted by atomic mass is 16.7. The van der Waals surface area contributed by atoms with Crippen LogP contribution in [0.5, 0.6) is 0 Å². The van der Waals surface area contributed by atoms with Crippen LogP contribution in [0.3, 0.4) is 0 Å².